The van der Waals surface area contributed by atoms with Crippen molar-refractivity contribution in [2.75, 3.05) is 12.3 Å². The van der Waals surface area contributed by atoms with Crippen LogP contribution >= 0.6 is 0 Å². The predicted molar refractivity (Wildman–Crippen MR) is 65.1 cm³/mol. The van der Waals surface area contributed by atoms with Gasteiger partial charge in [-0.25, -0.2) is 12.8 Å². The number of rotatable bonds is 1. The van der Waals surface area contributed by atoms with Gasteiger partial charge in [0.1, 0.15) is 5.82 Å². The Hall–Kier alpha value is -0.940. The number of benzene rings is 1. The molecule has 1 aliphatic heterocycles. The quantitative estimate of drug-likeness (QED) is 0.831. The number of nitrogens with one attached hydrogen (secondary N) is 1. The summed E-state index contributed by atoms with van der Waals surface area (Å²) < 4.78 is 37.0. The smallest absolute Gasteiger partial charge is 0.156 e. The second kappa shape index (κ2) is 4.38. The van der Waals surface area contributed by atoms with Crippen LogP contribution in [0, 0.1) is 12.7 Å². The SMILES string of the molecule is Cc1ccc(C2CS(=O)(=O)C(C)CN2)cc1F. The Labute approximate surface area is 101 Å². The molecule has 2 atom stereocenters. The van der Waals surface area contributed by atoms with Gasteiger partial charge in [-0.2, -0.15) is 0 Å². The molecule has 1 N–H and O–H groups in total. The molecule has 0 aliphatic carbocycles. The van der Waals surface area contributed by atoms with E-state index < -0.39 is 9.84 Å². The first-order valence-corrected chi connectivity index (χ1v) is 7.32. The normalized spacial score (nSPS) is 27.9. The maximum atomic E-state index is 13.4. The van der Waals surface area contributed by atoms with Gasteiger partial charge in [0.05, 0.1) is 11.0 Å². The van der Waals surface area contributed by atoms with Gasteiger partial charge >= 0.3 is 0 Å². The van der Waals surface area contributed by atoms with Crippen LogP contribution in [0.25, 0.3) is 0 Å². The minimum absolute atomic E-state index is 0.0384. The molecule has 1 saturated heterocycles. The Morgan fingerprint density at radius 3 is 2.71 bits per heavy atom. The van der Waals surface area contributed by atoms with Gasteiger partial charge in [0.15, 0.2) is 9.84 Å². The van der Waals surface area contributed by atoms with Crippen LogP contribution in [0.3, 0.4) is 0 Å². The molecule has 94 valence electrons. The van der Waals surface area contributed by atoms with Crippen LogP contribution < -0.4 is 5.32 Å². The molecule has 5 heteroatoms. The summed E-state index contributed by atoms with van der Waals surface area (Å²) >= 11 is 0. The molecule has 1 heterocycles. The molecule has 1 fully saturated rings. The van der Waals surface area contributed by atoms with Crippen molar-refractivity contribution in [3.05, 3.63) is 35.1 Å². The molecule has 0 saturated carbocycles. The minimum Gasteiger partial charge on any atom is -0.308 e. The largest absolute Gasteiger partial charge is 0.308 e. The van der Waals surface area contributed by atoms with Crippen molar-refractivity contribution in [2.24, 2.45) is 0 Å². The third-order valence-corrected chi connectivity index (χ3v) is 5.45. The molecule has 1 aromatic rings. The monoisotopic (exact) mass is 257 g/mol. The molecule has 0 radical (unpaired) electrons. The van der Waals surface area contributed by atoms with E-state index in [1.165, 1.54) is 6.07 Å². The molecule has 2 rings (SSSR count). The molecule has 1 aromatic carbocycles. The van der Waals surface area contributed by atoms with Crippen molar-refractivity contribution >= 4 is 9.84 Å². The zero-order valence-corrected chi connectivity index (χ0v) is 10.7. The van der Waals surface area contributed by atoms with Crippen molar-refractivity contribution in [1.82, 2.24) is 5.32 Å². The van der Waals surface area contributed by atoms with Crippen molar-refractivity contribution in [1.29, 1.82) is 0 Å². The molecule has 2 unspecified atom stereocenters. The number of sulfone groups is 1. The summed E-state index contributed by atoms with van der Waals surface area (Å²) in [4.78, 5) is 0. The highest BCUT2D eigenvalue weighted by Crippen LogP contribution is 2.23. The maximum Gasteiger partial charge on any atom is 0.156 e. The fourth-order valence-corrected chi connectivity index (χ4v) is 3.38. The van der Waals surface area contributed by atoms with Crippen LogP contribution in [0.5, 0.6) is 0 Å². The highest BCUT2D eigenvalue weighted by molar-refractivity contribution is 7.92. The molecular weight excluding hydrogens is 241 g/mol. The Morgan fingerprint density at radius 2 is 2.12 bits per heavy atom. The highest BCUT2D eigenvalue weighted by atomic mass is 32.2. The van der Waals surface area contributed by atoms with E-state index in [4.69, 9.17) is 0 Å². The fraction of sp³-hybridized carbons (Fsp3) is 0.500. The summed E-state index contributed by atoms with van der Waals surface area (Å²) in [6.45, 7) is 3.79. The summed E-state index contributed by atoms with van der Waals surface area (Å²) in [6.07, 6.45) is 0. The standard InChI is InChI=1S/C12H16FNO2S/c1-8-3-4-10(5-11(8)13)12-7-17(15,16)9(2)6-14-12/h3-5,9,12,14H,6-7H2,1-2H3. The Morgan fingerprint density at radius 1 is 1.41 bits per heavy atom. The first-order valence-electron chi connectivity index (χ1n) is 5.61. The minimum atomic E-state index is -3.07. The summed E-state index contributed by atoms with van der Waals surface area (Å²) in [5.41, 5.74) is 1.27. The summed E-state index contributed by atoms with van der Waals surface area (Å²) in [6, 6.07) is 4.57. The van der Waals surface area contributed by atoms with E-state index in [9.17, 15) is 12.8 Å². The summed E-state index contributed by atoms with van der Waals surface area (Å²) in [5, 5.41) is 2.77. The van der Waals surface area contributed by atoms with Crippen molar-refractivity contribution in [3.8, 4) is 0 Å². The Bertz CT molecular complexity index is 527. The highest BCUT2D eigenvalue weighted by Gasteiger charge is 2.31. The topological polar surface area (TPSA) is 46.2 Å². The van der Waals surface area contributed by atoms with Crippen LogP contribution in [0.4, 0.5) is 4.39 Å². The van der Waals surface area contributed by atoms with E-state index in [1.807, 2.05) is 0 Å². The van der Waals surface area contributed by atoms with Crippen LogP contribution in [0.2, 0.25) is 0 Å². The number of hydrogen-bond acceptors (Lipinski definition) is 3. The first-order chi connectivity index (χ1) is 7.90. The number of halogens is 1. The van der Waals surface area contributed by atoms with E-state index in [2.05, 4.69) is 5.32 Å². The molecular formula is C12H16FNO2S. The van der Waals surface area contributed by atoms with Gasteiger partial charge in [0.25, 0.3) is 0 Å². The molecule has 3 nitrogen and oxygen atoms in total. The molecule has 0 aromatic heterocycles. The number of aryl methyl sites for hydroxylation is 1. The summed E-state index contributed by atoms with van der Waals surface area (Å²) in [7, 11) is -3.07. The van der Waals surface area contributed by atoms with Crippen molar-refractivity contribution in [3.63, 3.8) is 0 Å². The van der Waals surface area contributed by atoms with Crippen LogP contribution in [0.1, 0.15) is 24.1 Å². The lowest BCUT2D eigenvalue weighted by Gasteiger charge is -2.28. The third-order valence-electron chi connectivity index (χ3n) is 3.26. The average molecular weight is 257 g/mol. The lowest BCUT2D eigenvalue weighted by Crippen LogP contribution is -2.44. The third kappa shape index (κ3) is 2.50. The zero-order valence-electron chi connectivity index (χ0n) is 9.90. The van der Waals surface area contributed by atoms with E-state index in [0.29, 0.717) is 17.7 Å². The second-order valence-electron chi connectivity index (χ2n) is 4.61. The Kier molecular flexibility index (Phi) is 3.23. The molecule has 17 heavy (non-hydrogen) atoms. The van der Waals surface area contributed by atoms with Gasteiger partial charge in [0, 0.05) is 12.6 Å². The molecule has 0 spiro atoms. The zero-order chi connectivity index (χ0) is 12.6. The Balaban J connectivity index is 2.27. The average Bonchev–Trinajstić information content (AvgIpc) is 2.26. The lowest BCUT2D eigenvalue weighted by molar-refractivity contribution is 0.500. The maximum absolute atomic E-state index is 13.4. The fourth-order valence-electron chi connectivity index (χ4n) is 1.93. The van der Waals surface area contributed by atoms with Gasteiger partial charge in [-0.1, -0.05) is 12.1 Å². The van der Waals surface area contributed by atoms with Gasteiger partial charge in [-0.3, -0.25) is 0 Å². The molecule has 1 aliphatic rings. The van der Waals surface area contributed by atoms with E-state index in [0.717, 1.165) is 0 Å². The van der Waals surface area contributed by atoms with Crippen molar-refractivity contribution in [2.45, 2.75) is 25.1 Å². The van der Waals surface area contributed by atoms with Gasteiger partial charge < -0.3 is 5.32 Å². The van der Waals surface area contributed by atoms with Crippen LogP contribution in [0.15, 0.2) is 18.2 Å². The number of hydrogen-bond donors (Lipinski definition) is 1. The second-order valence-corrected chi connectivity index (χ2v) is 7.07. The van der Waals surface area contributed by atoms with Crippen molar-refractivity contribution < 1.29 is 12.8 Å². The van der Waals surface area contributed by atoms with Crippen LogP contribution in [-0.2, 0) is 9.84 Å². The lowest BCUT2D eigenvalue weighted by atomic mass is 10.1. The van der Waals surface area contributed by atoms with Gasteiger partial charge in [0.2, 0.25) is 0 Å². The summed E-state index contributed by atoms with van der Waals surface area (Å²) in [5.74, 6) is -0.253. The van der Waals surface area contributed by atoms with E-state index in [1.54, 1.807) is 26.0 Å². The van der Waals surface area contributed by atoms with Gasteiger partial charge in [-0.05, 0) is 31.0 Å². The van der Waals surface area contributed by atoms with E-state index >= 15 is 0 Å². The van der Waals surface area contributed by atoms with Gasteiger partial charge in [-0.15, -0.1) is 0 Å². The first kappa shape index (κ1) is 12.5. The molecule has 0 bridgehead atoms. The molecule has 0 amide bonds. The van der Waals surface area contributed by atoms with E-state index in [-0.39, 0.29) is 22.9 Å². The van der Waals surface area contributed by atoms with Crippen LogP contribution in [-0.4, -0.2) is 26.0 Å². The predicted octanol–water partition coefficient (Wildman–Crippen LogP) is 1.58.